The van der Waals surface area contributed by atoms with Crippen molar-refractivity contribution in [3.05, 3.63) is 51.8 Å². The van der Waals surface area contributed by atoms with Gasteiger partial charge in [-0.15, -0.1) is 0 Å². The Labute approximate surface area is 165 Å². The van der Waals surface area contributed by atoms with E-state index in [2.05, 4.69) is 10.3 Å². The van der Waals surface area contributed by atoms with Gasteiger partial charge in [-0.1, -0.05) is 18.6 Å². The van der Waals surface area contributed by atoms with Crippen LogP contribution in [0.4, 0.5) is 5.69 Å². The van der Waals surface area contributed by atoms with Crippen molar-refractivity contribution >= 4 is 23.2 Å². The predicted octanol–water partition coefficient (Wildman–Crippen LogP) is 3.24. The molecule has 0 unspecified atom stereocenters. The van der Waals surface area contributed by atoms with Gasteiger partial charge < -0.3 is 20.5 Å². The Kier molecular flexibility index (Phi) is 5.64. The Balaban J connectivity index is 1.81. The minimum absolute atomic E-state index is 0.0521. The van der Waals surface area contributed by atoms with Crippen LogP contribution in [0.2, 0.25) is 0 Å². The van der Waals surface area contributed by atoms with Crippen molar-refractivity contribution in [1.29, 1.82) is 0 Å². The number of benzene rings is 1. The second kappa shape index (κ2) is 8.33. The zero-order valence-electron chi connectivity index (χ0n) is 16.2. The van der Waals surface area contributed by atoms with Gasteiger partial charge in [0.05, 0.1) is 5.57 Å². The first-order valence-electron chi connectivity index (χ1n) is 10.3. The average molecular weight is 380 g/mol. The maximum atomic E-state index is 12.7. The Morgan fingerprint density at radius 1 is 1.04 bits per heavy atom. The highest BCUT2D eigenvalue weighted by atomic mass is 16.3. The topological polar surface area (TPSA) is 85.4 Å². The van der Waals surface area contributed by atoms with Gasteiger partial charge in [-0.3, -0.25) is 4.79 Å². The molecule has 0 saturated heterocycles. The first kappa shape index (κ1) is 19.0. The normalized spacial score (nSPS) is 17.4. The molecule has 1 aliphatic carbocycles. The standard InChI is InChI=1S/C23H28N2O3/c26-12-5-8-17-16-7-2-1-3-9-19(16)24-21(17)14-18-22-15(11-13-27)6-4-10-20(22)25-23(18)28/h4,6,10,14,24,26-27H,1-3,5,7-9,11-13H2,(H,25,28). The van der Waals surface area contributed by atoms with E-state index >= 15 is 0 Å². The van der Waals surface area contributed by atoms with Crippen LogP contribution in [-0.2, 0) is 30.5 Å². The number of amides is 1. The van der Waals surface area contributed by atoms with Gasteiger partial charge in [-0.25, -0.2) is 0 Å². The van der Waals surface area contributed by atoms with E-state index in [0.29, 0.717) is 12.0 Å². The molecule has 2 aliphatic rings. The molecular formula is C23H28N2O3. The van der Waals surface area contributed by atoms with Crippen molar-refractivity contribution in [3.63, 3.8) is 0 Å². The number of aliphatic hydroxyl groups excluding tert-OH is 2. The number of aliphatic hydroxyl groups is 2. The molecule has 1 aromatic heterocycles. The monoisotopic (exact) mass is 380 g/mol. The van der Waals surface area contributed by atoms with E-state index in [0.717, 1.165) is 48.2 Å². The van der Waals surface area contributed by atoms with E-state index in [1.165, 1.54) is 36.1 Å². The molecule has 1 aromatic carbocycles. The molecule has 0 radical (unpaired) electrons. The van der Waals surface area contributed by atoms with Crippen LogP contribution >= 0.6 is 0 Å². The van der Waals surface area contributed by atoms with Crippen LogP contribution in [0.5, 0.6) is 0 Å². The molecule has 0 spiro atoms. The van der Waals surface area contributed by atoms with Gasteiger partial charge in [0.1, 0.15) is 0 Å². The SMILES string of the molecule is O=C1Nc2cccc(CCO)c2C1=Cc1[nH]c2c(c1CCCO)CCCCC2. The number of carbonyl (C=O) groups excluding carboxylic acids is 1. The predicted molar refractivity (Wildman–Crippen MR) is 111 cm³/mol. The summed E-state index contributed by atoms with van der Waals surface area (Å²) in [6.45, 7) is 0.219. The maximum absolute atomic E-state index is 12.7. The molecule has 0 saturated carbocycles. The number of fused-ring (bicyclic) bond motifs is 2. The molecule has 0 fully saturated rings. The van der Waals surface area contributed by atoms with Crippen molar-refractivity contribution in [2.45, 2.75) is 51.4 Å². The minimum atomic E-state index is -0.0988. The summed E-state index contributed by atoms with van der Waals surface area (Å²) in [4.78, 5) is 16.3. The van der Waals surface area contributed by atoms with E-state index in [-0.39, 0.29) is 19.1 Å². The summed E-state index contributed by atoms with van der Waals surface area (Å²) in [5, 5.41) is 21.7. The fraction of sp³-hybridized carbons (Fsp3) is 0.435. The Hall–Kier alpha value is -2.37. The first-order valence-corrected chi connectivity index (χ1v) is 10.3. The summed E-state index contributed by atoms with van der Waals surface area (Å²) in [5.41, 5.74) is 8.28. The summed E-state index contributed by atoms with van der Waals surface area (Å²) in [6.07, 6.45) is 9.77. The fourth-order valence-corrected chi connectivity index (χ4v) is 4.55. The Bertz CT molecular complexity index is 911. The van der Waals surface area contributed by atoms with Crippen LogP contribution in [0.15, 0.2) is 18.2 Å². The molecule has 5 heteroatoms. The van der Waals surface area contributed by atoms with Crippen molar-refractivity contribution in [2.75, 3.05) is 18.5 Å². The van der Waals surface area contributed by atoms with Crippen molar-refractivity contribution in [1.82, 2.24) is 4.98 Å². The summed E-state index contributed by atoms with van der Waals surface area (Å²) in [6, 6.07) is 5.79. The van der Waals surface area contributed by atoms with Crippen LogP contribution < -0.4 is 5.32 Å². The lowest BCUT2D eigenvalue weighted by Gasteiger charge is -2.08. The molecule has 148 valence electrons. The third-order valence-electron chi connectivity index (χ3n) is 5.86. The summed E-state index contributed by atoms with van der Waals surface area (Å²) in [7, 11) is 0. The van der Waals surface area contributed by atoms with Gasteiger partial charge in [-0.2, -0.15) is 0 Å². The number of nitrogens with one attached hydrogen (secondary N) is 2. The van der Waals surface area contributed by atoms with Crippen molar-refractivity contribution in [3.8, 4) is 0 Å². The highest BCUT2D eigenvalue weighted by Gasteiger charge is 2.28. The van der Waals surface area contributed by atoms with E-state index in [1.807, 2.05) is 24.3 Å². The molecule has 0 atom stereocenters. The number of aromatic amines is 1. The number of aromatic nitrogens is 1. The van der Waals surface area contributed by atoms with Crippen molar-refractivity contribution < 1.29 is 15.0 Å². The van der Waals surface area contributed by atoms with E-state index in [9.17, 15) is 15.0 Å². The second-order valence-corrected chi connectivity index (χ2v) is 7.69. The third-order valence-corrected chi connectivity index (χ3v) is 5.86. The van der Waals surface area contributed by atoms with Gasteiger partial charge in [0.15, 0.2) is 0 Å². The number of anilines is 1. The highest BCUT2D eigenvalue weighted by Crippen LogP contribution is 2.37. The molecular weight excluding hydrogens is 352 g/mol. The highest BCUT2D eigenvalue weighted by molar-refractivity contribution is 6.35. The zero-order valence-corrected chi connectivity index (χ0v) is 16.2. The number of carbonyl (C=O) groups is 1. The molecule has 4 rings (SSSR count). The summed E-state index contributed by atoms with van der Waals surface area (Å²) in [5.74, 6) is -0.0988. The fourth-order valence-electron chi connectivity index (χ4n) is 4.55. The Morgan fingerprint density at radius 2 is 1.89 bits per heavy atom. The lowest BCUT2D eigenvalue weighted by Crippen LogP contribution is -2.04. The number of rotatable bonds is 6. The third kappa shape index (κ3) is 3.52. The quantitative estimate of drug-likeness (QED) is 0.458. The summed E-state index contributed by atoms with van der Waals surface area (Å²) < 4.78 is 0. The number of hydrogen-bond acceptors (Lipinski definition) is 3. The molecule has 5 nitrogen and oxygen atoms in total. The van der Waals surface area contributed by atoms with Gasteiger partial charge in [0.2, 0.25) is 0 Å². The summed E-state index contributed by atoms with van der Waals surface area (Å²) >= 11 is 0. The number of hydrogen-bond donors (Lipinski definition) is 4. The zero-order chi connectivity index (χ0) is 19.5. The maximum Gasteiger partial charge on any atom is 0.256 e. The van der Waals surface area contributed by atoms with E-state index in [1.54, 1.807) is 0 Å². The van der Waals surface area contributed by atoms with Crippen LogP contribution in [0.3, 0.4) is 0 Å². The van der Waals surface area contributed by atoms with Crippen LogP contribution in [0.25, 0.3) is 11.6 Å². The molecule has 28 heavy (non-hydrogen) atoms. The molecule has 0 bridgehead atoms. The van der Waals surface area contributed by atoms with Crippen molar-refractivity contribution in [2.24, 2.45) is 0 Å². The molecule has 1 amide bonds. The number of H-pyrrole nitrogens is 1. The lowest BCUT2D eigenvalue weighted by molar-refractivity contribution is -0.110. The minimum Gasteiger partial charge on any atom is -0.396 e. The van der Waals surface area contributed by atoms with Gasteiger partial charge in [0.25, 0.3) is 5.91 Å². The number of aryl methyl sites for hydroxylation is 1. The second-order valence-electron chi connectivity index (χ2n) is 7.69. The lowest BCUT2D eigenvalue weighted by atomic mass is 9.95. The Morgan fingerprint density at radius 3 is 2.71 bits per heavy atom. The van der Waals surface area contributed by atoms with Crippen LogP contribution in [0, 0.1) is 0 Å². The van der Waals surface area contributed by atoms with Gasteiger partial charge >= 0.3 is 0 Å². The molecule has 4 N–H and O–H groups in total. The largest absolute Gasteiger partial charge is 0.396 e. The smallest absolute Gasteiger partial charge is 0.256 e. The molecule has 2 aromatic rings. The first-order chi connectivity index (χ1) is 13.7. The van der Waals surface area contributed by atoms with Gasteiger partial charge in [0, 0.05) is 35.9 Å². The van der Waals surface area contributed by atoms with Crippen LogP contribution in [-0.4, -0.2) is 34.3 Å². The van der Waals surface area contributed by atoms with Gasteiger partial charge in [-0.05, 0) is 73.8 Å². The average Bonchev–Trinajstić information content (AvgIpc) is 3.07. The van der Waals surface area contributed by atoms with E-state index in [4.69, 9.17) is 0 Å². The molecule has 2 heterocycles. The van der Waals surface area contributed by atoms with Crippen LogP contribution in [0.1, 0.15) is 59.3 Å². The van der Waals surface area contributed by atoms with E-state index < -0.39 is 0 Å². The molecule has 1 aliphatic heterocycles.